The first-order valence-corrected chi connectivity index (χ1v) is 11.7. The van der Waals surface area contributed by atoms with Gasteiger partial charge in [0.15, 0.2) is 0 Å². The average molecular weight is 440 g/mol. The molecule has 6 nitrogen and oxygen atoms in total. The van der Waals surface area contributed by atoms with Crippen LogP contribution in [0.2, 0.25) is 0 Å². The SMILES string of the molecule is CCc1cc2ncn(CC3(O)CCN(C(=O)CC(C)c4ccccc4)CC3)c(=O)c2s1. The molecular weight excluding hydrogens is 410 g/mol. The molecule has 7 heteroatoms. The molecule has 1 fully saturated rings. The van der Waals surface area contributed by atoms with E-state index in [2.05, 4.69) is 18.8 Å². The number of carbonyl (C=O) groups is 1. The minimum atomic E-state index is -1.01. The first-order chi connectivity index (χ1) is 14.9. The molecule has 3 aromatic rings. The van der Waals surface area contributed by atoms with Gasteiger partial charge in [0.05, 0.1) is 24.0 Å². The maximum atomic E-state index is 12.9. The molecular formula is C24H29N3O3S. The van der Waals surface area contributed by atoms with Gasteiger partial charge in [-0.25, -0.2) is 4.98 Å². The summed E-state index contributed by atoms with van der Waals surface area (Å²) in [6.07, 6.45) is 3.77. The van der Waals surface area contributed by atoms with Crippen LogP contribution in [0.4, 0.5) is 0 Å². The molecule has 1 N–H and O–H groups in total. The molecule has 164 valence electrons. The van der Waals surface area contributed by atoms with E-state index in [1.165, 1.54) is 22.2 Å². The predicted molar refractivity (Wildman–Crippen MR) is 123 cm³/mol. The lowest BCUT2D eigenvalue weighted by Crippen LogP contribution is -2.49. The Kier molecular flexibility index (Phi) is 6.25. The van der Waals surface area contributed by atoms with Crippen LogP contribution < -0.4 is 5.56 Å². The van der Waals surface area contributed by atoms with Gasteiger partial charge in [0.25, 0.3) is 5.56 Å². The van der Waals surface area contributed by atoms with E-state index in [4.69, 9.17) is 0 Å². The number of likely N-dealkylation sites (tertiary alicyclic amines) is 1. The van der Waals surface area contributed by atoms with Crippen LogP contribution in [0.1, 0.15) is 49.5 Å². The third-order valence-electron chi connectivity index (χ3n) is 6.26. The number of hydrogen-bond acceptors (Lipinski definition) is 5. The molecule has 2 aromatic heterocycles. The normalized spacial score (nSPS) is 17.1. The molecule has 1 aliphatic rings. The van der Waals surface area contributed by atoms with E-state index in [0.717, 1.165) is 22.4 Å². The minimum Gasteiger partial charge on any atom is -0.388 e. The largest absolute Gasteiger partial charge is 0.388 e. The number of aromatic nitrogens is 2. The third-order valence-corrected chi connectivity index (χ3v) is 7.52. The highest BCUT2D eigenvalue weighted by Gasteiger charge is 2.35. The van der Waals surface area contributed by atoms with Crippen LogP contribution in [-0.2, 0) is 17.8 Å². The van der Waals surface area contributed by atoms with Crippen molar-refractivity contribution in [3.05, 3.63) is 63.5 Å². The summed E-state index contributed by atoms with van der Waals surface area (Å²) >= 11 is 1.48. The average Bonchev–Trinajstić information content (AvgIpc) is 3.21. The fourth-order valence-electron chi connectivity index (χ4n) is 4.22. The summed E-state index contributed by atoms with van der Waals surface area (Å²) in [7, 11) is 0. The third kappa shape index (κ3) is 4.72. The maximum Gasteiger partial charge on any atom is 0.271 e. The van der Waals surface area contributed by atoms with Crippen molar-refractivity contribution in [1.82, 2.24) is 14.5 Å². The molecule has 1 unspecified atom stereocenters. The fraction of sp³-hybridized carbons (Fsp3) is 0.458. The zero-order valence-electron chi connectivity index (χ0n) is 18.1. The van der Waals surface area contributed by atoms with Crippen LogP contribution in [0.5, 0.6) is 0 Å². The molecule has 0 bridgehead atoms. The molecule has 0 spiro atoms. The van der Waals surface area contributed by atoms with E-state index in [0.29, 0.717) is 37.1 Å². The highest BCUT2D eigenvalue weighted by Crippen LogP contribution is 2.27. The highest BCUT2D eigenvalue weighted by molar-refractivity contribution is 7.18. The van der Waals surface area contributed by atoms with Gasteiger partial charge in [0.2, 0.25) is 5.91 Å². The standard InChI is InChI=1S/C24H29N3O3S/c1-3-19-14-20-22(31-19)23(29)27(16-25-20)15-24(30)9-11-26(12-10-24)21(28)13-17(2)18-7-5-4-6-8-18/h4-8,14,16-17,30H,3,9-13,15H2,1-2H3. The van der Waals surface area contributed by atoms with Crippen LogP contribution in [-0.4, -0.2) is 44.2 Å². The van der Waals surface area contributed by atoms with Crippen LogP contribution in [0.25, 0.3) is 10.2 Å². The van der Waals surface area contributed by atoms with Crippen LogP contribution in [0.3, 0.4) is 0 Å². The number of carbonyl (C=O) groups excluding carboxylic acids is 1. The van der Waals surface area contributed by atoms with E-state index in [-0.39, 0.29) is 23.9 Å². The van der Waals surface area contributed by atoms with E-state index in [1.54, 1.807) is 0 Å². The topological polar surface area (TPSA) is 75.4 Å². The number of amides is 1. The Hall–Kier alpha value is -2.51. The second kappa shape index (κ2) is 8.93. The molecule has 1 aromatic carbocycles. The zero-order valence-corrected chi connectivity index (χ0v) is 18.9. The Morgan fingerprint density at radius 1 is 1.26 bits per heavy atom. The lowest BCUT2D eigenvalue weighted by Gasteiger charge is -2.38. The van der Waals surface area contributed by atoms with Gasteiger partial charge in [-0.1, -0.05) is 44.2 Å². The lowest BCUT2D eigenvalue weighted by molar-refractivity contribution is -0.136. The number of nitrogens with zero attached hydrogens (tertiary/aromatic N) is 3. The van der Waals surface area contributed by atoms with E-state index < -0.39 is 5.60 Å². The van der Waals surface area contributed by atoms with Crippen molar-refractivity contribution in [3.63, 3.8) is 0 Å². The van der Waals surface area contributed by atoms with Gasteiger partial charge < -0.3 is 10.0 Å². The van der Waals surface area contributed by atoms with Crippen molar-refractivity contribution in [1.29, 1.82) is 0 Å². The number of aryl methyl sites for hydroxylation is 1. The number of hydrogen-bond donors (Lipinski definition) is 1. The molecule has 31 heavy (non-hydrogen) atoms. The van der Waals surface area contributed by atoms with Crippen molar-refractivity contribution in [2.24, 2.45) is 0 Å². The summed E-state index contributed by atoms with van der Waals surface area (Å²) in [4.78, 5) is 33.0. The summed E-state index contributed by atoms with van der Waals surface area (Å²) in [5.41, 5.74) is 0.777. The van der Waals surface area contributed by atoms with Crippen molar-refractivity contribution >= 4 is 27.5 Å². The molecule has 0 aliphatic carbocycles. The number of thiophene rings is 1. The van der Waals surface area contributed by atoms with Gasteiger partial charge >= 0.3 is 0 Å². The van der Waals surface area contributed by atoms with Gasteiger partial charge in [-0.15, -0.1) is 11.3 Å². The Morgan fingerprint density at radius 2 is 1.97 bits per heavy atom. The van der Waals surface area contributed by atoms with Gasteiger partial charge in [-0.3, -0.25) is 14.2 Å². The van der Waals surface area contributed by atoms with Crippen molar-refractivity contribution in [2.75, 3.05) is 13.1 Å². The molecule has 3 heterocycles. The Balaban J connectivity index is 1.38. The second-order valence-corrected chi connectivity index (χ2v) is 9.72. The smallest absolute Gasteiger partial charge is 0.271 e. The number of rotatable bonds is 6. The highest BCUT2D eigenvalue weighted by atomic mass is 32.1. The maximum absolute atomic E-state index is 12.9. The van der Waals surface area contributed by atoms with Gasteiger partial charge in [0.1, 0.15) is 4.70 Å². The predicted octanol–water partition coefficient (Wildman–Crippen LogP) is 3.57. The Morgan fingerprint density at radius 3 is 2.65 bits per heavy atom. The molecule has 1 amide bonds. The quantitative estimate of drug-likeness (QED) is 0.637. The van der Waals surface area contributed by atoms with Crippen molar-refractivity contribution in [2.45, 2.75) is 57.6 Å². The summed E-state index contributed by atoms with van der Waals surface area (Å²) in [6.45, 7) is 5.33. The zero-order chi connectivity index (χ0) is 22.0. The van der Waals surface area contributed by atoms with Crippen molar-refractivity contribution in [3.8, 4) is 0 Å². The number of piperidine rings is 1. The van der Waals surface area contributed by atoms with Crippen molar-refractivity contribution < 1.29 is 9.90 Å². The minimum absolute atomic E-state index is 0.0988. The molecule has 0 saturated carbocycles. The molecule has 1 atom stereocenters. The Labute approximate surface area is 186 Å². The van der Waals surface area contributed by atoms with Gasteiger partial charge in [0, 0.05) is 24.4 Å². The van der Waals surface area contributed by atoms with Crippen LogP contribution in [0, 0.1) is 0 Å². The van der Waals surface area contributed by atoms with Crippen LogP contribution in [0.15, 0.2) is 47.5 Å². The first-order valence-electron chi connectivity index (χ1n) is 10.9. The van der Waals surface area contributed by atoms with E-state index in [1.807, 2.05) is 41.3 Å². The summed E-state index contributed by atoms with van der Waals surface area (Å²) in [5, 5.41) is 11.1. The number of aliphatic hydroxyl groups is 1. The number of fused-ring (bicyclic) bond motifs is 1. The monoisotopic (exact) mass is 439 g/mol. The summed E-state index contributed by atoms with van der Waals surface area (Å²) in [5.74, 6) is 0.272. The molecule has 0 radical (unpaired) electrons. The number of benzene rings is 1. The molecule has 1 aliphatic heterocycles. The van der Waals surface area contributed by atoms with Crippen LogP contribution >= 0.6 is 11.3 Å². The second-order valence-electron chi connectivity index (χ2n) is 8.58. The van der Waals surface area contributed by atoms with E-state index >= 15 is 0 Å². The summed E-state index contributed by atoms with van der Waals surface area (Å²) < 4.78 is 2.17. The first kappa shape index (κ1) is 21.7. The lowest BCUT2D eigenvalue weighted by atomic mass is 9.90. The molecule has 1 saturated heterocycles. The summed E-state index contributed by atoms with van der Waals surface area (Å²) in [6, 6.07) is 12.0. The Bertz CT molecular complexity index is 1110. The van der Waals surface area contributed by atoms with E-state index in [9.17, 15) is 14.7 Å². The van der Waals surface area contributed by atoms with Gasteiger partial charge in [-0.05, 0) is 36.8 Å². The van der Waals surface area contributed by atoms with Gasteiger partial charge in [-0.2, -0.15) is 0 Å². The fourth-order valence-corrected chi connectivity index (χ4v) is 5.22. The molecule has 4 rings (SSSR count).